The molecular formula is C15H13NO3S2. The standard InChI is InChI=1S/C15H13NO3S2/c1-10-6-8-12-4-3-5-13(15(12)16-10)19-21(17,18)14-9-7-11(2)20-14/h3-9H,1-2H3. The van der Waals surface area contributed by atoms with Crippen LogP contribution in [0.15, 0.2) is 46.7 Å². The van der Waals surface area contributed by atoms with Crippen LogP contribution in [0.2, 0.25) is 0 Å². The molecule has 3 aromatic rings. The number of aromatic nitrogens is 1. The fraction of sp³-hybridized carbons (Fsp3) is 0.133. The number of hydrogen-bond donors (Lipinski definition) is 0. The Hall–Kier alpha value is -1.92. The molecule has 0 saturated heterocycles. The van der Waals surface area contributed by atoms with E-state index in [0.717, 1.165) is 16.0 Å². The molecule has 0 fully saturated rings. The second kappa shape index (κ2) is 5.13. The van der Waals surface area contributed by atoms with Gasteiger partial charge in [0.2, 0.25) is 0 Å². The Balaban J connectivity index is 2.08. The van der Waals surface area contributed by atoms with E-state index in [4.69, 9.17) is 4.18 Å². The Morgan fingerprint density at radius 1 is 1.05 bits per heavy atom. The number of thiophene rings is 1. The third-order valence-corrected chi connectivity index (χ3v) is 5.67. The first kappa shape index (κ1) is 14.0. The van der Waals surface area contributed by atoms with Crippen molar-refractivity contribution in [2.24, 2.45) is 0 Å². The van der Waals surface area contributed by atoms with Crippen LogP contribution in [-0.4, -0.2) is 13.4 Å². The highest BCUT2D eigenvalue weighted by molar-refractivity contribution is 7.89. The van der Waals surface area contributed by atoms with Gasteiger partial charge in [-0.25, -0.2) is 4.98 Å². The lowest BCUT2D eigenvalue weighted by Crippen LogP contribution is -2.08. The van der Waals surface area contributed by atoms with E-state index in [9.17, 15) is 8.42 Å². The van der Waals surface area contributed by atoms with Crippen LogP contribution >= 0.6 is 11.3 Å². The van der Waals surface area contributed by atoms with E-state index in [1.54, 1.807) is 24.3 Å². The van der Waals surface area contributed by atoms with Crippen LogP contribution in [0.4, 0.5) is 0 Å². The maximum absolute atomic E-state index is 12.3. The van der Waals surface area contributed by atoms with E-state index in [2.05, 4.69) is 4.98 Å². The molecule has 0 unspecified atom stereocenters. The number of pyridine rings is 1. The smallest absolute Gasteiger partial charge is 0.348 e. The molecule has 0 aliphatic heterocycles. The van der Waals surface area contributed by atoms with Crippen molar-refractivity contribution in [3.8, 4) is 5.75 Å². The van der Waals surface area contributed by atoms with Gasteiger partial charge >= 0.3 is 10.1 Å². The normalized spacial score (nSPS) is 11.7. The second-order valence-corrected chi connectivity index (χ2v) is 7.74. The van der Waals surface area contributed by atoms with Crippen LogP contribution in [-0.2, 0) is 10.1 Å². The molecule has 0 N–H and O–H groups in total. The average Bonchev–Trinajstić information content (AvgIpc) is 2.87. The summed E-state index contributed by atoms with van der Waals surface area (Å²) in [6.07, 6.45) is 0. The van der Waals surface area contributed by atoms with Crippen LogP contribution in [0, 0.1) is 13.8 Å². The van der Waals surface area contributed by atoms with Crippen molar-refractivity contribution in [1.29, 1.82) is 0 Å². The highest BCUT2D eigenvalue weighted by atomic mass is 32.3. The number of rotatable bonds is 3. The zero-order valence-corrected chi connectivity index (χ0v) is 13.2. The summed E-state index contributed by atoms with van der Waals surface area (Å²) < 4.78 is 30.1. The summed E-state index contributed by atoms with van der Waals surface area (Å²) in [6.45, 7) is 3.71. The second-order valence-electron chi connectivity index (χ2n) is 4.68. The van der Waals surface area contributed by atoms with Crippen LogP contribution < -0.4 is 4.18 Å². The number of hydrogen-bond acceptors (Lipinski definition) is 5. The van der Waals surface area contributed by atoms with E-state index in [-0.39, 0.29) is 9.96 Å². The molecule has 4 nitrogen and oxygen atoms in total. The molecule has 21 heavy (non-hydrogen) atoms. The topological polar surface area (TPSA) is 56.3 Å². The molecule has 0 amide bonds. The largest absolute Gasteiger partial charge is 0.376 e. The van der Waals surface area contributed by atoms with Gasteiger partial charge in [-0.2, -0.15) is 8.42 Å². The molecule has 6 heteroatoms. The van der Waals surface area contributed by atoms with Crippen LogP contribution in [0.3, 0.4) is 0 Å². The maximum Gasteiger partial charge on any atom is 0.348 e. The van der Waals surface area contributed by atoms with Crippen molar-refractivity contribution in [1.82, 2.24) is 4.98 Å². The molecule has 0 bridgehead atoms. The zero-order valence-electron chi connectivity index (χ0n) is 11.5. The lowest BCUT2D eigenvalue weighted by molar-refractivity contribution is 0.490. The van der Waals surface area contributed by atoms with Crippen LogP contribution in [0.25, 0.3) is 10.9 Å². The summed E-state index contributed by atoms with van der Waals surface area (Å²) in [5.41, 5.74) is 1.36. The fourth-order valence-corrected chi connectivity index (χ4v) is 4.17. The summed E-state index contributed by atoms with van der Waals surface area (Å²) in [6, 6.07) is 12.3. The molecule has 0 aliphatic rings. The fourth-order valence-electron chi connectivity index (χ4n) is 1.99. The molecule has 0 radical (unpaired) electrons. The third kappa shape index (κ3) is 2.77. The van der Waals surface area contributed by atoms with E-state index >= 15 is 0 Å². The minimum absolute atomic E-state index is 0.199. The van der Waals surface area contributed by atoms with Crippen molar-refractivity contribution in [3.05, 3.63) is 53.0 Å². The Bertz CT molecular complexity index is 914. The van der Waals surface area contributed by atoms with Gasteiger partial charge in [0.25, 0.3) is 0 Å². The van der Waals surface area contributed by atoms with Gasteiger partial charge in [0.05, 0.1) is 0 Å². The number of nitrogens with zero attached hydrogens (tertiary/aromatic N) is 1. The van der Waals surface area contributed by atoms with Crippen LogP contribution in [0.5, 0.6) is 5.75 Å². The lowest BCUT2D eigenvalue weighted by atomic mass is 10.2. The number of fused-ring (bicyclic) bond motifs is 1. The summed E-state index contributed by atoms with van der Waals surface area (Å²) >= 11 is 1.19. The molecule has 0 atom stereocenters. The third-order valence-electron chi connectivity index (χ3n) is 2.98. The van der Waals surface area contributed by atoms with Gasteiger partial charge in [0.15, 0.2) is 9.96 Å². The van der Waals surface area contributed by atoms with Gasteiger partial charge in [-0.3, -0.25) is 0 Å². The van der Waals surface area contributed by atoms with Crippen molar-refractivity contribution in [3.63, 3.8) is 0 Å². The minimum atomic E-state index is -3.82. The number of para-hydroxylation sites is 1. The zero-order chi connectivity index (χ0) is 15.0. The molecule has 2 heterocycles. The first-order valence-corrected chi connectivity index (χ1v) is 8.55. The Morgan fingerprint density at radius 3 is 2.57 bits per heavy atom. The molecule has 2 aromatic heterocycles. The lowest BCUT2D eigenvalue weighted by Gasteiger charge is -2.08. The van der Waals surface area contributed by atoms with Crippen LogP contribution in [0.1, 0.15) is 10.6 Å². The van der Waals surface area contributed by atoms with Gasteiger partial charge in [0, 0.05) is 16.0 Å². The summed E-state index contributed by atoms with van der Waals surface area (Å²) in [5.74, 6) is 0.252. The molecule has 0 spiro atoms. The van der Waals surface area contributed by atoms with Crippen molar-refractivity contribution in [2.75, 3.05) is 0 Å². The quantitative estimate of drug-likeness (QED) is 0.691. The molecular weight excluding hydrogens is 306 g/mol. The summed E-state index contributed by atoms with van der Waals surface area (Å²) in [5, 5.41) is 0.843. The monoisotopic (exact) mass is 319 g/mol. The van der Waals surface area contributed by atoms with E-state index < -0.39 is 10.1 Å². The van der Waals surface area contributed by atoms with E-state index in [1.807, 2.05) is 32.0 Å². The Morgan fingerprint density at radius 2 is 1.86 bits per heavy atom. The van der Waals surface area contributed by atoms with Gasteiger partial charge in [-0.15, -0.1) is 11.3 Å². The first-order chi connectivity index (χ1) is 9.95. The SMILES string of the molecule is Cc1ccc2cccc(OS(=O)(=O)c3ccc(C)s3)c2n1. The minimum Gasteiger partial charge on any atom is -0.376 e. The predicted molar refractivity (Wildman–Crippen MR) is 83.3 cm³/mol. The summed E-state index contributed by atoms with van der Waals surface area (Å²) in [7, 11) is -3.82. The highest BCUT2D eigenvalue weighted by Crippen LogP contribution is 2.29. The Labute approximate surface area is 127 Å². The van der Waals surface area contributed by atoms with Crippen molar-refractivity contribution >= 4 is 32.4 Å². The molecule has 108 valence electrons. The van der Waals surface area contributed by atoms with Crippen molar-refractivity contribution < 1.29 is 12.6 Å². The van der Waals surface area contributed by atoms with Gasteiger partial charge in [-0.05, 0) is 38.1 Å². The van der Waals surface area contributed by atoms with Gasteiger partial charge in [0.1, 0.15) is 5.52 Å². The molecule has 3 rings (SSSR count). The van der Waals surface area contributed by atoms with Crippen molar-refractivity contribution in [2.45, 2.75) is 18.1 Å². The molecule has 0 aliphatic carbocycles. The van der Waals surface area contributed by atoms with Gasteiger partial charge in [-0.1, -0.05) is 18.2 Å². The summed E-state index contributed by atoms with van der Waals surface area (Å²) in [4.78, 5) is 5.29. The molecule has 1 aromatic carbocycles. The predicted octanol–water partition coefficient (Wildman–Crippen LogP) is 3.68. The first-order valence-electron chi connectivity index (χ1n) is 6.33. The number of benzene rings is 1. The van der Waals surface area contributed by atoms with Gasteiger partial charge < -0.3 is 4.18 Å². The highest BCUT2D eigenvalue weighted by Gasteiger charge is 2.20. The van der Waals surface area contributed by atoms with E-state index in [1.165, 1.54) is 11.3 Å². The number of aryl methyl sites for hydroxylation is 2. The average molecular weight is 319 g/mol. The van der Waals surface area contributed by atoms with E-state index in [0.29, 0.717) is 5.52 Å². The Kier molecular flexibility index (Phi) is 3.43. The molecule has 0 saturated carbocycles. The maximum atomic E-state index is 12.3.